The zero-order valence-electron chi connectivity index (χ0n) is 8.17. The largest absolute Gasteiger partial charge is 0.479 e. The summed E-state index contributed by atoms with van der Waals surface area (Å²) < 4.78 is 5.13. The van der Waals surface area contributed by atoms with Gasteiger partial charge in [0.15, 0.2) is 6.10 Å². The first-order valence-corrected chi connectivity index (χ1v) is 4.77. The molecule has 2 rings (SSSR count). The Hall–Kier alpha value is -1.62. The summed E-state index contributed by atoms with van der Waals surface area (Å²) >= 11 is 0. The number of nitrogens with zero attached hydrogens (tertiary/aromatic N) is 2. The first-order valence-electron chi connectivity index (χ1n) is 4.77. The van der Waals surface area contributed by atoms with Gasteiger partial charge >= 0.3 is 5.97 Å². The van der Waals surface area contributed by atoms with Gasteiger partial charge in [0.2, 0.25) is 0 Å². The van der Waals surface area contributed by atoms with Crippen molar-refractivity contribution in [3.05, 3.63) is 24.5 Å². The number of pyridine rings is 1. The van der Waals surface area contributed by atoms with Crippen LogP contribution in [-0.4, -0.2) is 41.9 Å². The fourth-order valence-electron chi connectivity index (χ4n) is 1.59. The highest BCUT2D eigenvalue weighted by Crippen LogP contribution is 2.16. The van der Waals surface area contributed by atoms with Crippen molar-refractivity contribution in [2.75, 3.05) is 24.6 Å². The molecule has 80 valence electrons. The lowest BCUT2D eigenvalue weighted by Gasteiger charge is -2.32. The molecule has 5 heteroatoms. The monoisotopic (exact) mass is 208 g/mol. The van der Waals surface area contributed by atoms with E-state index >= 15 is 0 Å². The average Bonchev–Trinajstić information content (AvgIpc) is 2.30. The Balaban J connectivity index is 2.08. The van der Waals surface area contributed by atoms with E-state index in [1.54, 1.807) is 12.4 Å². The quantitative estimate of drug-likeness (QED) is 0.760. The van der Waals surface area contributed by atoms with Gasteiger partial charge in [0, 0.05) is 24.6 Å². The number of rotatable bonds is 2. The Bertz CT molecular complexity index is 342. The molecule has 2 heterocycles. The van der Waals surface area contributed by atoms with Crippen molar-refractivity contribution in [1.82, 2.24) is 4.98 Å². The number of aliphatic carboxylic acids is 1. The summed E-state index contributed by atoms with van der Waals surface area (Å²) in [5.74, 6) is -0.909. The van der Waals surface area contributed by atoms with E-state index in [2.05, 4.69) is 4.98 Å². The van der Waals surface area contributed by atoms with E-state index in [1.165, 1.54) is 0 Å². The highest BCUT2D eigenvalue weighted by atomic mass is 16.5. The maximum Gasteiger partial charge on any atom is 0.334 e. The van der Waals surface area contributed by atoms with Gasteiger partial charge < -0.3 is 14.7 Å². The van der Waals surface area contributed by atoms with E-state index in [0.717, 1.165) is 5.69 Å². The molecule has 5 nitrogen and oxygen atoms in total. The number of carboxylic acid groups (broad SMARTS) is 1. The van der Waals surface area contributed by atoms with Crippen LogP contribution in [0.2, 0.25) is 0 Å². The van der Waals surface area contributed by atoms with Crippen LogP contribution in [0.4, 0.5) is 5.69 Å². The maximum atomic E-state index is 10.8. The molecule has 15 heavy (non-hydrogen) atoms. The molecule has 0 bridgehead atoms. The number of hydrogen-bond acceptors (Lipinski definition) is 4. The summed E-state index contributed by atoms with van der Waals surface area (Å²) in [6, 6.07) is 3.73. The molecule has 1 atom stereocenters. The molecule has 0 unspecified atom stereocenters. The number of morpholine rings is 1. The smallest absolute Gasteiger partial charge is 0.334 e. The summed E-state index contributed by atoms with van der Waals surface area (Å²) in [5, 5.41) is 8.84. The minimum Gasteiger partial charge on any atom is -0.479 e. The lowest BCUT2D eigenvalue weighted by Crippen LogP contribution is -2.46. The molecule has 0 aromatic carbocycles. The third-order valence-electron chi connectivity index (χ3n) is 2.37. The van der Waals surface area contributed by atoms with Crippen molar-refractivity contribution < 1.29 is 14.6 Å². The standard InChI is InChI=1S/C10H12N2O3/c13-10(14)9-7-12(5-6-15-9)8-1-3-11-4-2-8/h1-4,9H,5-7H2,(H,13,14)/t9-/m0/s1. The molecule has 0 spiro atoms. The van der Waals surface area contributed by atoms with Crippen LogP contribution in [-0.2, 0) is 9.53 Å². The van der Waals surface area contributed by atoms with Gasteiger partial charge in [-0.2, -0.15) is 0 Å². The fourth-order valence-corrected chi connectivity index (χ4v) is 1.59. The molecule has 1 aromatic rings. The number of carboxylic acids is 1. The van der Waals surface area contributed by atoms with Gasteiger partial charge in [-0.3, -0.25) is 4.98 Å². The van der Waals surface area contributed by atoms with Gasteiger partial charge in [0.25, 0.3) is 0 Å². The lowest BCUT2D eigenvalue weighted by molar-refractivity contribution is -0.150. The fraction of sp³-hybridized carbons (Fsp3) is 0.400. The third-order valence-corrected chi connectivity index (χ3v) is 2.37. The SMILES string of the molecule is O=C(O)[C@@H]1CN(c2ccncc2)CCO1. The first kappa shape index (κ1) is 9.92. The molecule has 0 amide bonds. The van der Waals surface area contributed by atoms with Gasteiger partial charge in [0.1, 0.15) is 0 Å². The van der Waals surface area contributed by atoms with Crippen LogP contribution in [0.3, 0.4) is 0 Å². The van der Waals surface area contributed by atoms with Crippen LogP contribution in [0.15, 0.2) is 24.5 Å². The van der Waals surface area contributed by atoms with E-state index in [1.807, 2.05) is 17.0 Å². The molecular formula is C10H12N2O3. The van der Waals surface area contributed by atoms with Crippen molar-refractivity contribution >= 4 is 11.7 Å². The number of hydrogen-bond donors (Lipinski definition) is 1. The van der Waals surface area contributed by atoms with Crippen molar-refractivity contribution in [1.29, 1.82) is 0 Å². The van der Waals surface area contributed by atoms with Gasteiger partial charge in [-0.05, 0) is 12.1 Å². The second-order valence-corrected chi connectivity index (χ2v) is 3.35. The summed E-state index contributed by atoms with van der Waals surface area (Å²) in [7, 11) is 0. The topological polar surface area (TPSA) is 62.7 Å². The van der Waals surface area contributed by atoms with Crippen LogP contribution in [0, 0.1) is 0 Å². The van der Waals surface area contributed by atoms with Gasteiger partial charge in [0.05, 0.1) is 13.2 Å². The molecule has 0 saturated carbocycles. The minimum absolute atomic E-state index is 0.388. The predicted octanol–water partition coefficient (Wildman–Crippen LogP) is 0.371. The Morgan fingerprint density at radius 1 is 1.53 bits per heavy atom. The molecule has 1 aliphatic heterocycles. The molecule has 0 radical (unpaired) electrons. The zero-order chi connectivity index (χ0) is 10.7. The normalized spacial score (nSPS) is 21.3. The highest BCUT2D eigenvalue weighted by Gasteiger charge is 2.26. The second kappa shape index (κ2) is 4.27. The van der Waals surface area contributed by atoms with E-state index in [9.17, 15) is 4.79 Å². The maximum absolute atomic E-state index is 10.8. The molecule has 0 aliphatic carbocycles. The second-order valence-electron chi connectivity index (χ2n) is 3.35. The van der Waals surface area contributed by atoms with E-state index < -0.39 is 12.1 Å². The van der Waals surface area contributed by atoms with E-state index in [0.29, 0.717) is 19.7 Å². The van der Waals surface area contributed by atoms with E-state index in [4.69, 9.17) is 9.84 Å². The molecule has 1 aromatic heterocycles. The highest BCUT2D eigenvalue weighted by molar-refractivity contribution is 5.73. The summed E-state index contributed by atoms with van der Waals surface area (Å²) in [6.45, 7) is 1.55. The molecule has 1 aliphatic rings. The van der Waals surface area contributed by atoms with Crippen LogP contribution in [0.25, 0.3) is 0 Å². The Kier molecular flexibility index (Phi) is 2.82. The number of anilines is 1. The van der Waals surface area contributed by atoms with Crippen LogP contribution in [0.1, 0.15) is 0 Å². The Labute approximate surface area is 87.3 Å². The minimum atomic E-state index is -0.909. The first-order chi connectivity index (χ1) is 7.27. The molecule has 1 saturated heterocycles. The molecular weight excluding hydrogens is 196 g/mol. The zero-order valence-corrected chi connectivity index (χ0v) is 8.17. The molecule has 1 N–H and O–H groups in total. The number of ether oxygens (including phenoxy) is 1. The number of aromatic nitrogens is 1. The number of carbonyl (C=O) groups is 1. The Morgan fingerprint density at radius 2 is 2.27 bits per heavy atom. The van der Waals surface area contributed by atoms with Crippen LogP contribution >= 0.6 is 0 Å². The summed E-state index contributed by atoms with van der Waals surface area (Å²) in [4.78, 5) is 16.7. The van der Waals surface area contributed by atoms with Crippen molar-refractivity contribution in [2.24, 2.45) is 0 Å². The van der Waals surface area contributed by atoms with Crippen LogP contribution < -0.4 is 4.90 Å². The van der Waals surface area contributed by atoms with Gasteiger partial charge in [-0.15, -0.1) is 0 Å². The third kappa shape index (κ3) is 2.24. The lowest BCUT2D eigenvalue weighted by atomic mass is 10.2. The molecule has 1 fully saturated rings. The summed E-state index contributed by atoms with van der Waals surface area (Å²) in [5.41, 5.74) is 0.986. The van der Waals surface area contributed by atoms with Gasteiger partial charge in [-0.1, -0.05) is 0 Å². The van der Waals surface area contributed by atoms with Crippen molar-refractivity contribution in [3.63, 3.8) is 0 Å². The van der Waals surface area contributed by atoms with E-state index in [-0.39, 0.29) is 0 Å². The van der Waals surface area contributed by atoms with Gasteiger partial charge in [-0.25, -0.2) is 4.79 Å². The summed E-state index contributed by atoms with van der Waals surface area (Å²) in [6.07, 6.45) is 2.66. The predicted molar refractivity (Wildman–Crippen MR) is 53.8 cm³/mol. The van der Waals surface area contributed by atoms with Crippen molar-refractivity contribution in [2.45, 2.75) is 6.10 Å². The Morgan fingerprint density at radius 3 is 2.93 bits per heavy atom. The average molecular weight is 208 g/mol. The van der Waals surface area contributed by atoms with Crippen molar-refractivity contribution in [3.8, 4) is 0 Å². The van der Waals surface area contributed by atoms with Crippen LogP contribution in [0.5, 0.6) is 0 Å².